The van der Waals surface area contributed by atoms with Crippen molar-refractivity contribution in [2.45, 2.75) is 39.0 Å². The van der Waals surface area contributed by atoms with Gasteiger partial charge in [0.2, 0.25) is 17.7 Å². The van der Waals surface area contributed by atoms with Gasteiger partial charge in [0.1, 0.15) is 0 Å². The number of rotatable bonds is 5. The van der Waals surface area contributed by atoms with Crippen LogP contribution in [0.25, 0.3) is 0 Å². The normalized spacial score (nSPS) is 22.4. The van der Waals surface area contributed by atoms with E-state index in [1.165, 1.54) is 10.5 Å². The number of hydrogen-bond acceptors (Lipinski definition) is 3. The molecular weight excluding hydrogens is 316 g/mol. The van der Waals surface area contributed by atoms with Crippen molar-refractivity contribution >= 4 is 23.4 Å². The standard InChI is InChI=1S/C20H24N2O3/c1-13(2)14-7-9-15(10-8-14)21-18(23)11-12-22-19(24)16-5-3-4-6-17(16)20(22)25/h3-4,7-10,13,16-17H,5-6,11-12H2,1-2H3,(H,21,23)/t16-,17+. The Morgan fingerprint density at radius 2 is 1.64 bits per heavy atom. The summed E-state index contributed by atoms with van der Waals surface area (Å²) < 4.78 is 0. The molecule has 1 fully saturated rings. The molecule has 1 heterocycles. The first kappa shape index (κ1) is 17.4. The Morgan fingerprint density at radius 3 is 2.16 bits per heavy atom. The van der Waals surface area contributed by atoms with Crippen LogP contribution in [0.1, 0.15) is 44.6 Å². The second-order valence-electron chi connectivity index (χ2n) is 7.06. The van der Waals surface area contributed by atoms with E-state index in [-0.39, 0.29) is 42.5 Å². The van der Waals surface area contributed by atoms with Crippen molar-refractivity contribution in [1.82, 2.24) is 4.90 Å². The third-order valence-corrected chi connectivity index (χ3v) is 5.02. The molecule has 1 aliphatic heterocycles. The molecule has 0 bridgehead atoms. The van der Waals surface area contributed by atoms with E-state index in [0.29, 0.717) is 18.8 Å². The van der Waals surface area contributed by atoms with Crippen LogP contribution in [0.3, 0.4) is 0 Å². The van der Waals surface area contributed by atoms with Crippen LogP contribution in [0, 0.1) is 11.8 Å². The van der Waals surface area contributed by atoms with Gasteiger partial charge < -0.3 is 5.32 Å². The average molecular weight is 340 g/mol. The van der Waals surface area contributed by atoms with Gasteiger partial charge in [-0.1, -0.05) is 38.1 Å². The Hall–Kier alpha value is -2.43. The Balaban J connectivity index is 1.54. The SMILES string of the molecule is CC(C)c1ccc(NC(=O)CCN2C(=O)[C@H]3CC=CC[C@H]3C2=O)cc1. The van der Waals surface area contributed by atoms with Gasteiger partial charge >= 0.3 is 0 Å². The van der Waals surface area contributed by atoms with Crippen molar-refractivity contribution in [1.29, 1.82) is 0 Å². The molecule has 132 valence electrons. The van der Waals surface area contributed by atoms with Gasteiger partial charge in [-0.2, -0.15) is 0 Å². The lowest BCUT2D eigenvalue weighted by Crippen LogP contribution is -2.34. The minimum Gasteiger partial charge on any atom is -0.326 e. The first-order chi connectivity index (χ1) is 12.0. The lowest BCUT2D eigenvalue weighted by molar-refractivity contribution is -0.140. The van der Waals surface area contributed by atoms with Crippen LogP contribution in [-0.2, 0) is 14.4 Å². The zero-order chi connectivity index (χ0) is 18.0. The van der Waals surface area contributed by atoms with E-state index in [0.717, 1.165) is 5.69 Å². The van der Waals surface area contributed by atoms with Gasteiger partial charge in [0, 0.05) is 18.7 Å². The maximum atomic E-state index is 12.4. The second-order valence-corrected chi connectivity index (χ2v) is 7.06. The first-order valence-electron chi connectivity index (χ1n) is 8.87. The van der Waals surface area contributed by atoms with E-state index in [2.05, 4.69) is 19.2 Å². The highest BCUT2D eigenvalue weighted by molar-refractivity contribution is 6.05. The molecule has 0 saturated carbocycles. The van der Waals surface area contributed by atoms with Gasteiger partial charge in [-0.25, -0.2) is 0 Å². The van der Waals surface area contributed by atoms with Crippen molar-refractivity contribution in [3.8, 4) is 0 Å². The Bertz CT molecular complexity index is 680. The number of nitrogens with zero attached hydrogens (tertiary/aromatic N) is 1. The van der Waals surface area contributed by atoms with E-state index >= 15 is 0 Å². The number of hydrogen-bond donors (Lipinski definition) is 1. The molecule has 5 heteroatoms. The summed E-state index contributed by atoms with van der Waals surface area (Å²) in [6, 6.07) is 7.73. The molecule has 1 aromatic rings. The highest BCUT2D eigenvalue weighted by atomic mass is 16.2. The third kappa shape index (κ3) is 3.65. The number of likely N-dealkylation sites (tertiary alicyclic amines) is 1. The van der Waals surface area contributed by atoms with Gasteiger partial charge in [-0.15, -0.1) is 0 Å². The lowest BCUT2D eigenvalue weighted by atomic mass is 9.85. The zero-order valence-electron chi connectivity index (χ0n) is 14.7. The summed E-state index contributed by atoms with van der Waals surface area (Å²) in [7, 11) is 0. The quantitative estimate of drug-likeness (QED) is 0.662. The minimum absolute atomic E-state index is 0.121. The number of nitrogens with one attached hydrogen (secondary N) is 1. The predicted molar refractivity (Wildman–Crippen MR) is 95.9 cm³/mol. The maximum absolute atomic E-state index is 12.4. The van der Waals surface area contributed by atoms with Crippen LogP contribution in [0.5, 0.6) is 0 Å². The molecule has 1 aromatic carbocycles. The highest BCUT2D eigenvalue weighted by Crippen LogP contribution is 2.35. The number of benzene rings is 1. The molecule has 3 amide bonds. The fraction of sp³-hybridized carbons (Fsp3) is 0.450. The first-order valence-corrected chi connectivity index (χ1v) is 8.87. The number of carbonyl (C=O) groups is 3. The summed E-state index contributed by atoms with van der Waals surface area (Å²) in [6.07, 6.45) is 5.29. The number of amides is 3. The summed E-state index contributed by atoms with van der Waals surface area (Å²) >= 11 is 0. The van der Waals surface area contributed by atoms with Crippen LogP contribution < -0.4 is 5.32 Å². The van der Waals surface area contributed by atoms with Gasteiger partial charge in [0.15, 0.2) is 0 Å². The molecule has 3 rings (SSSR count). The maximum Gasteiger partial charge on any atom is 0.233 e. The van der Waals surface area contributed by atoms with Gasteiger partial charge in [-0.05, 0) is 36.5 Å². The molecule has 25 heavy (non-hydrogen) atoms. The van der Waals surface area contributed by atoms with E-state index in [1.807, 2.05) is 36.4 Å². The molecule has 1 saturated heterocycles. The van der Waals surface area contributed by atoms with Crippen molar-refractivity contribution in [3.63, 3.8) is 0 Å². The highest BCUT2D eigenvalue weighted by Gasteiger charge is 2.46. The summed E-state index contributed by atoms with van der Waals surface area (Å²) in [5.41, 5.74) is 1.94. The summed E-state index contributed by atoms with van der Waals surface area (Å²) in [5, 5.41) is 2.82. The molecule has 2 aliphatic rings. The topological polar surface area (TPSA) is 66.5 Å². The molecule has 5 nitrogen and oxygen atoms in total. The van der Waals surface area contributed by atoms with Crippen LogP contribution in [0.4, 0.5) is 5.69 Å². The number of fused-ring (bicyclic) bond motifs is 1. The van der Waals surface area contributed by atoms with Crippen LogP contribution >= 0.6 is 0 Å². The predicted octanol–water partition coefficient (Wildman–Crippen LogP) is 3.09. The molecular formula is C20H24N2O3. The number of allylic oxidation sites excluding steroid dienone is 2. The van der Waals surface area contributed by atoms with Crippen LogP contribution in [0.15, 0.2) is 36.4 Å². The van der Waals surface area contributed by atoms with Crippen molar-refractivity contribution in [3.05, 3.63) is 42.0 Å². The van der Waals surface area contributed by atoms with Gasteiger partial charge in [-0.3, -0.25) is 19.3 Å². The molecule has 0 spiro atoms. The molecule has 2 atom stereocenters. The molecule has 1 aliphatic carbocycles. The summed E-state index contributed by atoms with van der Waals surface area (Å²) in [5.74, 6) is -0.476. The Morgan fingerprint density at radius 1 is 1.08 bits per heavy atom. The second kappa shape index (κ2) is 7.21. The fourth-order valence-corrected chi connectivity index (χ4v) is 3.48. The fourth-order valence-electron chi connectivity index (χ4n) is 3.48. The Kier molecular flexibility index (Phi) is 5.02. The minimum atomic E-state index is -0.232. The Labute approximate surface area is 148 Å². The van der Waals surface area contributed by atoms with Crippen molar-refractivity contribution < 1.29 is 14.4 Å². The van der Waals surface area contributed by atoms with Crippen molar-refractivity contribution in [2.24, 2.45) is 11.8 Å². The summed E-state index contributed by atoms with van der Waals surface area (Å²) in [6.45, 7) is 4.39. The molecule has 0 aromatic heterocycles. The summed E-state index contributed by atoms with van der Waals surface area (Å²) in [4.78, 5) is 38.1. The largest absolute Gasteiger partial charge is 0.326 e. The van der Waals surface area contributed by atoms with Crippen LogP contribution in [0.2, 0.25) is 0 Å². The number of carbonyl (C=O) groups excluding carboxylic acids is 3. The van der Waals surface area contributed by atoms with Crippen molar-refractivity contribution in [2.75, 3.05) is 11.9 Å². The third-order valence-electron chi connectivity index (χ3n) is 5.02. The molecule has 1 N–H and O–H groups in total. The van der Waals surface area contributed by atoms with Gasteiger partial charge in [0.25, 0.3) is 0 Å². The number of imide groups is 1. The van der Waals surface area contributed by atoms with E-state index in [9.17, 15) is 14.4 Å². The molecule has 0 unspecified atom stereocenters. The smallest absolute Gasteiger partial charge is 0.233 e. The zero-order valence-corrected chi connectivity index (χ0v) is 14.7. The van der Waals surface area contributed by atoms with E-state index in [4.69, 9.17) is 0 Å². The average Bonchev–Trinajstić information content (AvgIpc) is 2.85. The number of anilines is 1. The monoisotopic (exact) mass is 340 g/mol. The van der Waals surface area contributed by atoms with Crippen LogP contribution in [-0.4, -0.2) is 29.2 Å². The lowest BCUT2D eigenvalue weighted by Gasteiger charge is -2.14. The van der Waals surface area contributed by atoms with Gasteiger partial charge in [0.05, 0.1) is 11.8 Å². The van der Waals surface area contributed by atoms with E-state index < -0.39 is 0 Å². The van der Waals surface area contributed by atoms with E-state index in [1.54, 1.807) is 0 Å². The molecule has 0 radical (unpaired) electrons.